The molecule has 120 valence electrons. The highest BCUT2D eigenvalue weighted by Crippen LogP contribution is 2.19. The van der Waals surface area contributed by atoms with Crippen molar-refractivity contribution in [1.82, 2.24) is 10.9 Å². The van der Waals surface area contributed by atoms with Gasteiger partial charge < -0.3 is 4.90 Å². The molecule has 7 heteroatoms. The van der Waals surface area contributed by atoms with E-state index in [0.29, 0.717) is 15.6 Å². The van der Waals surface area contributed by atoms with Crippen LogP contribution in [0.25, 0.3) is 0 Å². The number of hydrazine groups is 1. The van der Waals surface area contributed by atoms with Crippen LogP contribution in [0.1, 0.15) is 20.7 Å². The van der Waals surface area contributed by atoms with Gasteiger partial charge in [0.1, 0.15) is 0 Å². The van der Waals surface area contributed by atoms with Crippen LogP contribution in [-0.2, 0) is 0 Å². The molecular weight excluding hydrogens is 337 g/mol. The molecule has 0 heterocycles. The van der Waals surface area contributed by atoms with Crippen LogP contribution in [0, 0.1) is 0 Å². The maximum absolute atomic E-state index is 12.1. The molecule has 23 heavy (non-hydrogen) atoms. The smallest absolute Gasteiger partial charge is 0.269 e. The van der Waals surface area contributed by atoms with Crippen molar-refractivity contribution in [2.75, 3.05) is 19.0 Å². The van der Waals surface area contributed by atoms with Crippen LogP contribution in [-0.4, -0.2) is 25.9 Å². The fourth-order valence-corrected chi connectivity index (χ4v) is 2.39. The van der Waals surface area contributed by atoms with E-state index in [1.54, 1.807) is 18.2 Å². The average Bonchev–Trinajstić information content (AvgIpc) is 2.51. The van der Waals surface area contributed by atoms with Crippen molar-refractivity contribution in [2.45, 2.75) is 0 Å². The molecule has 0 saturated carbocycles. The summed E-state index contributed by atoms with van der Waals surface area (Å²) in [5.41, 5.74) is 6.26. The molecule has 0 atom stereocenters. The van der Waals surface area contributed by atoms with Crippen molar-refractivity contribution in [3.8, 4) is 0 Å². The van der Waals surface area contributed by atoms with Crippen LogP contribution in [0.2, 0.25) is 10.0 Å². The molecule has 5 nitrogen and oxygen atoms in total. The first-order valence-electron chi connectivity index (χ1n) is 6.71. The number of hydrogen-bond donors (Lipinski definition) is 2. The Morgan fingerprint density at radius 1 is 0.870 bits per heavy atom. The SMILES string of the molecule is CN(C)c1cccc(C(=O)NNC(=O)c2cc(Cl)cc(Cl)c2)c1. The quantitative estimate of drug-likeness (QED) is 0.835. The lowest BCUT2D eigenvalue weighted by Crippen LogP contribution is -2.41. The molecule has 0 spiro atoms. The minimum atomic E-state index is -0.508. The Hall–Kier alpha value is -2.24. The molecule has 0 aliphatic rings. The number of halogens is 2. The summed E-state index contributed by atoms with van der Waals surface area (Å²) >= 11 is 11.7. The fraction of sp³-hybridized carbons (Fsp3) is 0.125. The first kappa shape index (κ1) is 17.1. The molecule has 2 aromatic rings. The molecule has 0 aliphatic carbocycles. The molecule has 2 N–H and O–H groups in total. The molecule has 0 saturated heterocycles. The lowest BCUT2D eigenvalue weighted by atomic mass is 10.2. The van der Waals surface area contributed by atoms with Crippen LogP contribution in [0.3, 0.4) is 0 Å². The van der Waals surface area contributed by atoms with Crippen molar-refractivity contribution in [1.29, 1.82) is 0 Å². The predicted octanol–water partition coefficient (Wildman–Crippen LogP) is 3.13. The lowest BCUT2D eigenvalue weighted by molar-refractivity contribution is 0.0846. The van der Waals surface area contributed by atoms with Crippen molar-refractivity contribution < 1.29 is 9.59 Å². The van der Waals surface area contributed by atoms with E-state index in [1.165, 1.54) is 18.2 Å². The van der Waals surface area contributed by atoms with Crippen molar-refractivity contribution >= 4 is 40.7 Å². The molecule has 2 rings (SSSR count). The second-order valence-corrected chi connectivity index (χ2v) is 5.88. The van der Waals surface area contributed by atoms with Gasteiger partial charge in [0.05, 0.1) is 0 Å². The summed E-state index contributed by atoms with van der Waals surface area (Å²) in [6, 6.07) is 11.5. The van der Waals surface area contributed by atoms with Gasteiger partial charge in [-0.25, -0.2) is 0 Å². The van der Waals surface area contributed by atoms with Gasteiger partial charge in [-0.15, -0.1) is 0 Å². The largest absolute Gasteiger partial charge is 0.378 e. The number of hydrogen-bond acceptors (Lipinski definition) is 3. The van der Waals surface area contributed by atoms with E-state index in [1.807, 2.05) is 25.1 Å². The molecule has 0 aliphatic heterocycles. The summed E-state index contributed by atoms with van der Waals surface area (Å²) in [5, 5.41) is 0.681. The Bertz CT molecular complexity index is 728. The third-order valence-corrected chi connectivity index (χ3v) is 3.48. The van der Waals surface area contributed by atoms with Gasteiger partial charge in [-0.1, -0.05) is 29.3 Å². The number of carbonyl (C=O) groups is 2. The van der Waals surface area contributed by atoms with Gasteiger partial charge in [0.2, 0.25) is 0 Å². The number of amides is 2. The topological polar surface area (TPSA) is 61.4 Å². The highest BCUT2D eigenvalue weighted by Gasteiger charge is 2.11. The highest BCUT2D eigenvalue weighted by molar-refractivity contribution is 6.35. The van der Waals surface area contributed by atoms with Gasteiger partial charge in [0.15, 0.2) is 0 Å². The zero-order valence-electron chi connectivity index (χ0n) is 12.6. The molecule has 0 aromatic heterocycles. The number of carbonyl (C=O) groups excluding carboxylic acids is 2. The first-order valence-corrected chi connectivity index (χ1v) is 7.46. The van der Waals surface area contributed by atoms with Crippen LogP contribution in [0.15, 0.2) is 42.5 Å². The second kappa shape index (κ2) is 7.35. The van der Waals surface area contributed by atoms with E-state index >= 15 is 0 Å². The third kappa shape index (κ3) is 4.61. The molecule has 0 bridgehead atoms. The van der Waals surface area contributed by atoms with E-state index in [0.717, 1.165) is 5.69 Å². The van der Waals surface area contributed by atoms with Gasteiger partial charge in [-0.3, -0.25) is 20.4 Å². The molecular formula is C16H15Cl2N3O2. The summed E-state index contributed by atoms with van der Waals surface area (Å²) in [6.07, 6.45) is 0. The van der Waals surface area contributed by atoms with E-state index in [2.05, 4.69) is 10.9 Å². The van der Waals surface area contributed by atoms with Gasteiger partial charge in [0, 0.05) is 41.0 Å². The van der Waals surface area contributed by atoms with E-state index in [9.17, 15) is 9.59 Å². The Labute approximate surface area is 144 Å². The van der Waals surface area contributed by atoms with Crippen LogP contribution < -0.4 is 15.8 Å². The zero-order valence-corrected chi connectivity index (χ0v) is 14.1. The standard InChI is InChI=1S/C16H15Cl2N3O2/c1-21(2)14-5-3-4-10(8-14)15(22)19-20-16(23)11-6-12(17)9-13(18)7-11/h3-9H,1-2H3,(H,19,22)(H,20,23). The third-order valence-electron chi connectivity index (χ3n) is 3.04. The first-order chi connectivity index (χ1) is 10.9. The average molecular weight is 352 g/mol. The van der Waals surface area contributed by atoms with E-state index in [4.69, 9.17) is 23.2 Å². The van der Waals surface area contributed by atoms with Gasteiger partial charge in [-0.05, 0) is 36.4 Å². The minimum Gasteiger partial charge on any atom is -0.378 e. The number of nitrogens with one attached hydrogen (secondary N) is 2. The number of anilines is 1. The molecule has 2 aromatic carbocycles. The number of benzene rings is 2. The van der Waals surface area contributed by atoms with Crippen molar-refractivity contribution in [3.05, 3.63) is 63.6 Å². The second-order valence-electron chi connectivity index (χ2n) is 5.01. The van der Waals surface area contributed by atoms with E-state index in [-0.39, 0.29) is 5.56 Å². The molecule has 0 unspecified atom stereocenters. The lowest BCUT2D eigenvalue weighted by Gasteiger charge is -2.13. The Balaban J connectivity index is 2.04. The fourth-order valence-electron chi connectivity index (χ4n) is 1.87. The molecule has 0 fully saturated rings. The Kier molecular flexibility index (Phi) is 5.47. The van der Waals surface area contributed by atoms with Gasteiger partial charge in [-0.2, -0.15) is 0 Å². The minimum absolute atomic E-state index is 0.254. The Morgan fingerprint density at radius 2 is 1.43 bits per heavy atom. The maximum atomic E-state index is 12.1. The van der Waals surface area contributed by atoms with E-state index < -0.39 is 11.8 Å². The van der Waals surface area contributed by atoms with Gasteiger partial charge >= 0.3 is 0 Å². The Morgan fingerprint density at radius 3 is 2.00 bits per heavy atom. The summed E-state index contributed by atoms with van der Waals surface area (Å²) in [7, 11) is 3.75. The number of nitrogens with zero attached hydrogens (tertiary/aromatic N) is 1. The van der Waals surface area contributed by atoms with Crippen LogP contribution >= 0.6 is 23.2 Å². The summed E-state index contributed by atoms with van der Waals surface area (Å²) in [5.74, 6) is -0.929. The zero-order chi connectivity index (χ0) is 17.0. The van der Waals surface area contributed by atoms with Gasteiger partial charge in [0.25, 0.3) is 11.8 Å². The highest BCUT2D eigenvalue weighted by atomic mass is 35.5. The molecule has 2 amide bonds. The van der Waals surface area contributed by atoms with Crippen LogP contribution in [0.4, 0.5) is 5.69 Å². The van der Waals surface area contributed by atoms with Crippen LogP contribution in [0.5, 0.6) is 0 Å². The van der Waals surface area contributed by atoms with Crippen molar-refractivity contribution in [2.24, 2.45) is 0 Å². The summed E-state index contributed by atoms with van der Waals surface area (Å²) in [6.45, 7) is 0. The summed E-state index contributed by atoms with van der Waals surface area (Å²) < 4.78 is 0. The monoisotopic (exact) mass is 351 g/mol. The number of rotatable bonds is 3. The maximum Gasteiger partial charge on any atom is 0.269 e. The normalized spacial score (nSPS) is 10.1. The summed E-state index contributed by atoms with van der Waals surface area (Å²) in [4.78, 5) is 26.0. The molecule has 0 radical (unpaired) electrons. The van der Waals surface area contributed by atoms with Crippen molar-refractivity contribution in [3.63, 3.8) is 0 Å². The predicted molar refractivity (Wildman–Crippen MR) is 92.2 cm³/mol.